The van der Waals surface area contributed by atoms with Gasteiger partial charge in [-0.2, -0.15) is 5.26 Å². The number of carbonyl (C=O) groups excluding carboxylic acids is 1. The maximum atomic E-state index is 11.4. The fourth-order valence-electron chi connectivity index (χ4n) is 2.50. The summed E-state index contributed by atoms with van der Waals surface area (Å²) in [6, 6.07) is 15.2. The quantitative estimate of drug-likeness (QED) is 0.652. The smallest absolute Gasteiger partial charge is 0.234 e. The van der Waals surface area contributed by atoms with Crippen molar-refractivity contribution in [2.75, 3.05) is 26.9 Å². The van der Waals surface area contributed by atoms with E-state index in [1.165, 1.54) is 0 Å². The molecule has 142 valence electrons. The number of rotatable bonds is 10. The monoisotopic (exact) mass is 368 g/mol. The Morgan fingerprint density at radius 2 is 1.85 bits per heavy atom. The first-order chi connectivity index (χ1) is 13.1. The van der Waals surface area contributed by atoms with Crippen LogP contribution in [0.2, 0.25) is 0 Å². The molecule has 0 aromatic heterocycles. The second kappa shape index (κ2) is 10.7. The number of methoxy groups -OCH3 is 1. The van der Waals surface area contributed by atoms with Gasteiger partial charge in [0.1, 0.15) is 36.9 Å². The van der Waals surface area contributed by atoms with Crippen LogP contribution in [0.5, 0.6) is 17.2 Å². The topological polar surface area (TPSA) is 80.6 Å². The molecule has 27 heavy (non-hydrogen) atoms. The van der Waals surface area contributed by atoms with Gasteiger partial charge >= 0.3 is 0 Å². The lowest BCUT2D eigenvalue weighted by molar-refractivity contribution is -0.120. The maximum absolute atomic E-state index is 11.4. The Hall–Kier alpha value is -3.20. The van der Waals surface area contributed by atoms with Gasteiger partial charge in [0.2, 0.25) is 5.91 Å². The van der Waals surface area contributed by atoms with Gasteiger partial charge in [-0.1, -0.05) is 24.3 Å². The minimum absolute atomic E-state index is 0.137. The van der Waals surface area contributed by atoms with E-state index in [0.717, 1.165) is 16.9 Å². The molecule has 0 spiro atoms. The van der Waals surface area contributed by atoms with Crippen molar-refractivity contribution in [3.63, 3.8) is 0 Å². The zero-order chi connectivity index (χ0) is 19.5. The summed E-state index contributed by atoms with van der Waals surface area (Å²) in [6.07, 6.45) is 0.456. The van der Waals surface area contributed by atoms with Gasteiger partial charge in [-0.05, 0) is 36.6 Å². The summed E-state index contributed by atoms with van der Waals surface area (Å²) in [5.41, 5.74) is 2.02. The molecule has 0 aliphatic rings. The number of nitrogens with zero attached hydrogens (tertiary/aromatic N) is 1. The first kappa shape index (κ1) is 20.1. The van der Waals surface area contributed by atoms with Crippen LogP contribution in [0.4, 0.5) is 0 Å². The molecule has 1 amide bonds. The zero-order valence-corrected chi connectivity index (χ0v) is 15.7. The molecule has 0 aliphatic heterocycles. The largest absolute Gasteiger partial charge is 0.497 e. The molecular weight excluding hydrogens is 344 g/mol. The molecule has 2 aromatic rings. The second-order valence-electron chi connectivity index (χ2n) is 5.87. The molecule has 0 unspecified atom stereocenters. The highest BCUT2D eigenvalue weighted by molar-refractivity contribution is 5.77. The van der Waals surface area contributed by atoms with Crippen LogP contribution in [0, 0.1) is 18.3 Å². The first-order valence-electron chi connectivity index (χ1n) is 8.76. The molecule has 0 saturated carbocycles. The number of nitriles is 1. The average molecular weight is 368 g/mol. The van der Waals surface area contributed by atoms with Crippen molar-refractivity contribution in [2.24, 2.45) is 0 Å². The van der Waals surface area contributed by atoms with Gasteiger partial charge in [-0.15, -0.1) is 0 Å². The summed E-state index contributed by atoms with van der Waals surface area (Å²) in [5.74, 6) is 1.95. The zero-order valence-electron chi connectivity index (χ0n) is 15.7. The SMILES string of the molecule is COc1ccc(CCNC(=O)CC#N)c(OCCOc2ccccc2C)c1. The molecule has 2 rings (SSSR count). The van der Waals surface area contributed by atoms with E-state index in [1.807, 2.05) is 55.5 Å². The Labute approximate surface area is 159 Å². The van der Waals surface area contributed by atoms with E-state index < -0.39 is 0 Å². The van der Waals surface area contributed by atoms with Crippen molar-refractivity contribution >= 4 is 5.91 Å². The number of para-hydroxylation sites is 1. The highest BCUT2D eigenvalue weighted by Gasteiger charge is 2.08. The Balaban J connectivity index is 1.90. The number of hydrogen-bond donors (Lipinski definition) is 1. The van der Waals surface area contributed by atoms with Crippen molar-refractivity contribution in [3.05, 3.63) is 53.6 Å². The van der Waals surface area contributed by atoms with E-state index >= 15 is 0 Å². The third-order valence-electron chi connectivity index (χ3n) is 3.92. The lowest BCUT2D eigenvalue weighted by atomic mass is 10.1. The van der Waals surface area contributed by atoms with Gasteiger partial charge in [0.15, 0.2) is 0 Å². The van der Waals surface area contributed by atoms with Crippen molar-refractivity contribution in [3.8, 4) is 23.3 Å². The summed E-state index contributed by atoms with van der Waals surface area (Å²) < 4.78 is 16.9. The van der Waals surface area contributed by atoms with E-state index in [0.29, 0.717) is 37.7 Å². The van der Waals surface area contributed by atoms with Crippen LogP contribution in [0.15, 0.2) is 42.5 Å². The summed E-state index contributed by atoms with van der Waals surface area (Å²) in [7, 11) is 1.60. The Bertz CT molecular complexity index is 799. The highest BCUT2D eigenvalue weighted by atomic mass is 16.5. The molecule has 0 aliphatic carbocycles. The molecular formula is C21H24N2O4. The Kier molecular flexibility index (Phi) is 7.98. The van der Waals surface area contributed by atoms with Crippen LogP contribution in [0.25, 0.3) is 0 Å². The summed E-state index contributed by atoms with van der Waals surface area (Å²) in [4.78, 5) is 11.4. The average Bonchev–Trinajstić information content (AvgIpc) is 2.67. The maximum Gasteiger partial charge on any atom is 0.234 e. The van der Waals surface area contributed by atoms with Gasteiger partial charge < -0.3 is 19.5 Å². The molecule has 0 radical (unpaired) electrons. The fourth-order valence-corrected chi connectivity index (χ4v) is 2.50. The normalized spacial score (nSPS) is 9.96. The van der Waals surface area contributed by atoms with Crippen LogP contribution >= 0.6 is 0 Å². The second-order valence-corrected chi connectivity index (χ2v) is 5.87. The van der Waals surface area contributed by atoms with Gasteiger partial charge in [0.25, 0.3) is 0 Å². The number of ether oxygens (including phenoxy) is 3. The predicted molar refractivity (Wildman–Crippen MR) is 102 cm³/mol. The van der Waals surface area contributed by atoms with E-state index in [9.17, 15) is 4.79 Å². The van der Waals surface area contributed by atoms with Gasteiger partial charge in [0, 0.05) is 12.6 Å². The van der Waals surface area contributed by atoms with Gasteiger partial charge in [-0.25, -0.2) is 0 Å². The molecule has 6 heteroatoms. The molecule has 0 saturated heterocycles. The predicted octanol–water partition coefficient (Wildman–Crippen LogP) is 3.03. The lowest BCUT2D eigenvalue weighted by Gasteiger charge is -2.14. The standard InChI is InChI=1S/C21H24N2O4/c1-16-5-3-4-6-19(16)26-13-14-27-20-15-18(25-2)8-7-17(20)10-12-23-21(24)9-11-22/h3-8,15H,9-10,12-14H2,1-2H3,(H,23,24). The number of nitrogens with one attached hydrogen (secondary N) is 1. The van der Waals surface area contributed by atoms with E-state index in [-0.39, 0.29) is 12.3 Å². The summed E-state index contributed by atoms with van der Waals surface area (Å²) >= 11 is 0. The number of carbonyl (C=O) groups is 1. The molecule has 6 nitrogen and oxygen atoms in total. The van der Waals surface area contributed by atoms with E-state index in [4.69, 9.17) is 19.5 Å². The van der Waals surface area contributed by atoms with Gasteiger partial charge in [-0.3, -0.25) is 4.79 Å². The summed E-state index contributed by atoms with van der Waals surface area (Å²) in [6.45, 7) is 3.23. The van der Waals surface area contributed by atoms with Crippen LogP contribution in [0.1, 0.15) is 17.5 Å². The molecule has 2 aromatic carbocycles. The van der Waals surface area contributed by atoms with Crippen molar-refractivity contribution in [2.45, 2.75) is 19.8 Å². The molecule has 0 atom stereocenters. The molecule has 1 N–H and O–H groups in total. The number of hydrogen-bond acceptors (Lipinski definition) is 5. The fraction of sp³-hybridized carbons (Fsp3) is 0.333. The first-order valence-corrected chi connectivity index (χ1v) is 8.76. The number of aryl methyl sites for hydroxylation is 1. The number of benzene rings is 2. The Morgan fingerprint density at radius 3 is 2.56 bits per heavy atom. The minimum atomic E-state index is -0.278. The van der Waals surface area contributed by atoms with Crippen molar-refractivity contribution in [1.29, 1.82) is 5.26 Å². The van der Waals surface area contributed by atoms with Crippen LogP contribution in [-0.2, 0) is 11.2 Å². The third-order valence-corrected chi connectivity index (χ3v) is 3.92. The summed E-state index contributed by atoms with van der Waals surface area (Å²) in [5, 5.41) is 11.2. The van der Waals surface area contributed by atoms with Crippen molar-refractivity contribution < 1.29 is 19.0 Å². The molecule has 0 heterocycles. The van der Waals surface area contributed by atoms with Crippen LogP contribution in [-0.4, -0.2) is 32.8 Å². The number of amides is 1. The molecule has 0 bridgehead atoms. The minimum Gasteiger partial charge on any atom is -0.497 e. The van der Waals surface area contributed by atoms with Crippen LogP contribution in [0.3, 0.4) is 0 Å². The van der Waals surface area contributed by atoms with Crippen molar-refractivity contribution in [1.82, 2.24) is 5.32 Å². The third kappa shape index (κ3) is 6.55. The lowest BCUT2D eigenvalue weighted by Crippen LogP contribution is -2.25. The highest BCUT2D eigenvalue weighted by Crippen LogP contribution is 2.25. The Morgan fingerprint density at radius 1 is 1.11 bits per heavy atom. The molecule has 0 fully saturated rings. The van der Waals surface area contributed by atoms with Crippen LogP contribution < -0.4 is 19.5 Å². The van der Waals surface area contributed by atoms with E-state index in [2.05, 4.69) is 5.32 Å². The van der Waals surface area contributed by atoms with E-state index in [1.54, 1.807) is 7.11 Å². The van der Waals surface area contributed by atoms with Gasteiger partial charge in [0.05, 0.1) is 13.2 Å².